The molecule has 0 amide bonds. The second kappa shape index (κ2) is 8.21. The number of hydrogen-bond acceptors (Lipinski definition) is 5. The molecule has 0 aliphatic rings. The van der Waals surface area contributed by atoms with Crippen LogP contribution in [0.2, 0.25) is 0 Å². The predicted octanol–water partition coefficient (Wildman–Crippen LogP) is 2.14. The lowest BCUT2D eigenvalue weighted by atomic mass is 9.99. The molecular weight excluding hydrogens is 230 g/mol. The minimum Gasteiger partial charge on any atom is -0.381 e. The largest absolute Gasteiger partial charge is 0.381 e. The summed E-state index contributed by atoms with van der Waals surface area (Å²) in [5.41, 5.74) is 0. The second-order valence-electron chi connectivity index (χ2n) is 4.36. The van der Waals surface area contributed by atoms with E-state index in [1.165, 1.54) is 0 Å². The molecule has 0 fully saturated rings. The predicted molar refractivity (Wildman–Crippen MR) is 70.7 cm³/mol. The molecule has 1 aromatic heterocycles. The molecule has 2 unspecified atom stereocenters. The molecule has 104 valence electrons. The van der Waals surface area contributed by atoms with Gasteiger partial charge in [-0.1, -0.05) is 25.9 Å². The van der Waals surface area contributed by atoms with Gasteiger partial charge in [0.1, 0.15) is 0 Å². The zero-order valence-corrected chi connectivity index (χ0v) is 11.9. The highest BCUT2D eigenvalue weighted by atomic mass is 16.5. The molecule has 5 nitrogen and oxygen atoms in total. The van der Waals surface area contributed by atoms with Crippen LogP contribution in [0.15, 0.2) is 4.52 Å². The summed E-state index contributed by atoms with van der Waals surface area (Å²) in [7, 11) is 0. The summed E-state index contributed by atoms with van der Waals surface area (Å²) in [6.07, 6.45) is 1.76. The second-order valence-corrected chi connectivity index (χ2v) is 4.36. The van der Waals surface area contributed by atoms with E-state index in [1.54, 1.807) is 0 Å². The first-order valence-electron chi connectivity index (χ1n) is 6.86. The fraction of sp³-hybridized carbons (Fsp3) is 0.846. The molecule has 0 spiro atoms. The fourth-order valence-corrected chi connectivity index (χ4v) is 1.97. The van der Waals surface area contributed by atoms with Crippen LogP contribution in [0.25, 0.3) is 0 Å². The number of nitrogens with one attached hydrogen (secondary N) is 1. The van der Waals surface area contributed by atoms with Crippen molar-refractivity contribution in [3.8, 4) is 0 Å². The maximum absolute atomic E-state index is 5.33. The summed E-state index contributed by atoms with van der Waals surface area (Å²) in [5, 5.41) is 7.43. The van der Waals surface area contributed by atoms with Crippen molar-refractivity contribution in [1.29, 1.82) is 0 Å². The summed E-state index contributed by atoms with van der Waals surface area (Å²) in [6.45, 7) is 10.7. The Hall–Kier alpha value is -0.940. The average Bonchev–Trinajstić information content (AvgIpc) is 2.84. The molecule has 18 heavy (non-hydrogen) atoms. The summed E-state index contributed by atoms with van der Waals surface area (Å²) in [5.74, 6) is 1.69. The van der Waals surface area contributed by atoms with E-state index in [1.807, 2.05) is 6.92 Å². The van der Waals surface area contributed by atoms with E-state index < -0.39 is 0 Å². The molecule has 1 heterocycles. The maximum Gasteiger partial charge on any atom is 0.231 e. The molecule has 0 saturated heterocycles. The van der Waals surface area contributed by atoms with Crippen molar-refractivity contribution in [3.05, 3.63) is 11.7 Å². The van der Waals surface area contributed by atoms with E-state index >= 15 is 0 Å². The van der Waals surface area contributed by atoms with E-state index in [2.05, 4.69) is 36.2 Å². The first kappa shape index (κ1) is 15.1. The lowest BCUT2D eigenvalue weighted by molar-refractivity contribution is 0.149. The minimum absolute atomic E-state index is 0.239. The third kappa shape index (κ3) is 4.38. The van der Waals surface area contributed by atoms with Gasteiger partial charge in [0.25, 0.3) is 0 Å². The molecule has 0 radical (unpaired) electrons. The van der Waals surface area contributed by atoms with Crippen LogP contribution in [-0.2, 0) is 11.2 Å². The zero-order valence-electron chi connectivity index (χ0n) is 11.9. The van der Waals surface area contributed by atoms with Crippen LogP contribution in [0.3, 0.4) is 0 Å². The fourth-order valence-electron chi connectivity index (χ4n) is 1.97. The molecule has 1 aromatic rings. The molecule has 0 aliphatic heterocycles. The molecule has 5 heteroatoms. The number of likely N-dealkylation sites (N-methyl/N-ethyl adjacent to an activating group) is 1. The standard InChI is InChI=1S/C13H25N3O2/c1-5-11(14-6-2)10(4)13-15-12(16-18-13)8-9-17-7-3/h10-11,14H,5-9H2,1-4H3. The smallest absolute Gasteiger partial charge is 0.231 e. The Bertz CT molecular complexity index is 328. The third-order valence-electron chi connectivity index (χ3n) is 3.06. The third-order valence-corrected chi connectivity index (χ3v) is 3.06. The van der Waals surface area contributed by atoms with Crippen LogP contribution in [-0.4, -0.2) is 35.9 Å². The Balaban J connectivity index is 2.54. The topological polar surface area (TPSA) is 60.2 Å². The van der Waals surface area contributed by atoms with E-state index in [0.717, 1.165) is 25.4 Å². The Kier molecular flexibility index (Phi) is 6.90. The van der Waals surface area contributed by atoms with Crippen molar-refractivity contribution in [1.82, 2.24) is 15.5 Å². The quantitative estimate of drug-likeness (QED) is 0.685. The van der Waals surface area contributed by atoms with Crippen molar-refractivity contribution in [3.63, 3.8) is 0 Å². The summed E-state index contributed by atoms with van der Waals surface area (Å²) >= 11 is 0. The van der Waals surface area contributed by atoms with Gasteiger partial charge in [-0.2, -0.15) is 4.98 Å². The Labute approximate surface area is 109 Å². The van der Waals surface area contributed by atoms with Crippen molar-refractivity contribution >= 4 is 0 Å². The molecule has 2 atom stereocenters. The molecule has 0 bridgehead atoms. The van der Waals surface area contributed by atoms with Gasteiger partial charge in [0.2, 0.25) is 5.89 Å². The van der Waals surface area contributed by atoms with Crippen molar-refractivity contribution in [2.75, 3.05) is 19.8 Å². The summed E-state index contributed by atoms with van der Waals surface area (Å²) in [6, 6.07) is 0.384. The summed E-state index contributed by atoms with van der Waals surface area (Å²) < 4.78 is 10.6. The van der Waals surface area contributed by atoms with Crippen molar-refractivity contribution < 1.29 is 9.26 Å². The number of hydrogen-bond donors (Lipinski definition) is 1. The lowest BCUT2D eigenvalue weighted by Gasteiger charge is -2.20. The number of aromatic nitrogens is 2. The van der Waals surface area contributed by atoms with Crippen LogP contribution in [0.4, 0.5) is 0 Å². The van der Waals surface area contributed by atoms with Gasteiger partial charge in [0, 0.05) is 19.1 Å². The lowest BCUT2D eigenvalue weighted by Crippen LogP contribution is -2.33. The van der Waals surface area contributed by atoms with Crippen molar-refractivity contribution in [2.45, 2.75) is 52.5 Å². The van der Waals surface area contributed by atoms with Gasteiger partial charge in [0.15, 0.2) is 5.82 Å². The van der Waals surface area contributed by atoms with Crippen LogP contribution in [0.1, 0.15) is 51.7 Å². The van der Waals surface area contributed by atoms with Gasteiger partial charge in [-0.25, -0.2) is 0 Å². The normalized spacial score (nSPS) is 14.7. The first-order chi connectivity index (χ1) is 8.72. The Morgan fingerprint density at radius 3 is 2.72 bits per heavy atom. The van der Waals surface area contributed by atoms with Crippen LogP contribution in [0, 0.1) is 0 Å². The monoisotopic (exact) mass is 255 g/mol. The highest BCUT2D eigenvalue weighted by Crippen LogP contribution is 2.19. The van der Waals surface area contributed by atoms with Gasteiger partial charge >= 0.3 is 0 Å². The number of ether oxygens (including phenoxy) is 1. The molecule has 1 N–H and O–H groups in total. The van der Waals surface area contributed by atoms with Crippen LogP contribution < -0.4 is 5.32 Å². The molecule has 0 aromatic carbocycles. The average molecular weight is 255 g/mol. The highest BCUT2D eigenvalue weighted by Gasteiger charge is 2.22. The van der Waals surface area contributed by atoms with Crippen LogP contribution in [0.5, 0.6) is 0 Å². The zero-order chi connectivity index (χ0) is 13.4. The van der Waals surface area contributed by atoms with E-state index in [-0.39, 0.29) is 5.92 Å². The van der Waals surface area contributed by atoms with E-state index in [0.29, 0.717) is 25.0 Å². The first-order valence-corrected chi connectivity index (χ1v) is 6.86. The van der Waals surface area contributed by atoms with Gasteiger partial charge in [-0.15, -0.1) is 0 Å². The molecule has 0 aliphatic carbocycles. The van der Waals surface area contributed by atoms with Gasteiger partial charge in [-0.3, -0.25) is 0 Å². The molecule has 1 rings (SSSR count). The van der Waals surface area contributed by atoms with Crippen LogP contribution >= 0.6 is 0 Å². The van der Waals surface area contributed by atoms with E-state index in [4.69, 9.17) is 9.26 Å². The van der Waals surface area contributed by atoms with Gasteiger partial charge in [0.05, 0.1) is 12.5 Å². The van der Waals surface area contributed by atoms with Crippen molar-refractivity contribution in [2.24, 2.45) is 0 Å². The van der Waals surface area contributed by atoms with Gasteiger partial charge in [-0.05, 0) is 19.9 Å². The minimum atomic E-state index is 0.239. The highest BCUT2D eigenvalue weighted by molar-refractivity contribution is 4.97. The maximum atomic E-state index is 5.33. The molecule has 0 saturated carbocycles. The number of nitrogens with zero attached hydrogens (tertiary/aromatic N) is 2. The Morgan fingerprint density at radius 1 is 1.33 bits per heavy atom. The Morgan fingerprint density at radius 2 is 2.11 bits per heavy atom. The molecular formula is C13H25N3O2. The number of rotatable bonds is 9. The SMILES string of the molecule is CCNC(CC)C(C)c1nc(CCOCC)no1. The van der Waals surface area contributed by atoms with E-state index in [9.17, 15) is 0 Å². The van der Waals surface area contributed by atoms with Gasteiger partial charge < -0.3 is 14.6 Å². The summed E-state index contributed by atoms with van der Waals surface area (Å²) in [4.78, 5) is 4.44.